The minimum atomic E-state index is -3.80. The van der Waals surface area contributed by atoms with Gasteiger partial charge in [-0.2, -0.15) is 0 Å². The molecule has 0 radical (unpaired) electrons. The molecule has 1 heterocycles. The highest BCUT2D eigenvalue weighted by Crippen LogP contribution is 2.41. The van der Waals surface area contributed by atoms with E-state index in [2.05, 4.69) is 21.1 Å². The first-order valence-electron chi connectivity index (χ1n) is 6.47. The Labute approximate surface area is 134 Å². The minimum Gasteiger partial charge on any atom is -0.364 e. The number of sulfone groups is 1. The lowest BCUT2D eigenvalue weighted by Crippen LogP contribution is -2.12. The summed E-state index contributed by atoms with van der Waals surface area (Å²) in [6.07, 6.45) is 3.97. The molecule has 1 saturated carbocycles. The standard InChI is InChI=1S/C14H11BrFNO4S/c1-22(19,20)14-8(4-5-10(16)11(14)15)13(18)9-6-21-17-12(9)7-2-3-7/h4-7H,2-3H2,1H3. The number of carbonyl (C=O) groups is 1. The van der Waals surface area contributed by atoms with Crippen LogP contribution in [0.25, 0.3) is 0 Å². The highest BCUT2D eigenvalue weighted by molar-refractivity contribution is 9.10. The fourth-order valence-corrected chi connectivity index (χ4v) is 4.50. The van der Waals surface area contributed by atoms with Crippen LogP contribution in [0.5, 0.6) is 0 Å². The van der Waals surface area contributed by atoms with Crippen molar-refractivity contribution in [3.63, 3.8) is 0 Å². The molecule has 1 aliphatic rings. The number of halogens is 2. The maximum atomic E-state index is 13.7. The van der Waals surface area contributed by atoms with Crippen LogP contribution in [0.4, 0.5) is 4.39 Å². The normalized spacial score (nSPS) is 15.0. The number of aromatic nitrogens is 1. The molecule has 0 atom stereocenters. The lowest BCUT2D eigenvalue weighted by Gasteiger charge is -2.09. The molecule has 0 amide bonds. The molecule has 0 aliphatic heterocycles. The number of carbonyl (C=O) groups excluding carboxylic acids is 1. The summed E-state index contributed by atoms with van der Waals surface area (Å²) in [5, 5.41) is 3.83. The van der Waals surface area contributed by atoms with Crippen LogP contribution in [0, 0.1) is 5.82 Å². The average Bonchev–Trinajstić information content (AvgIpc) is 3.17. The molecular formula is C14H11BrFNO4S. The van der Waals surface area contributed by atoms with Crippen LogP contribution in [0.3, 0.4) is 0 Å². The van der Waals surface area contributed by atoms with Crippen LogP contribution in [0.1, 0.15) is 40.4 Å². The summed E-state index contributed by atoms with van der Waals surface area (Å²) < 4.78 is 42.2. The zero-order valence-electron chi connectivity index (χ0n) is 11.5. The summed E-state index contributed by atoms with van der Waals surface area (Å²) >= 11 is 2.91. The second-order valence-corrected chi connectivity index (χ2v) is 7.97. The lowest BCUT2D eigenvalue weighted by atomic mass is 10.0. The second kappa shape index (κ2) is 5.27. The van der Waals surface area contributed by atoms with Crippen LogP contribution in [-0.4, -0.2) is 25.6 Å². The van der Waals surface area contributed by atoms with E-state index in [-0.39, 0.29) is 26.4 Å². The Hall–Kier alpha value is -1.54. The minimum absolute atomic E-state index is 0.0964. The molecule has 0 saturated heterocycles. The smallest absolute Gasteiger partial charge is 0.199 e. The molecule has 1 aromatic heterocycles. The lowest BCUT2D eigenvalue weighted by molar-refractivity contribution is 0.103. The van der Waals surface area contributed by atoms with Gasteiger partial charge in [0.15, 0.2) is 15.6 Å². The molecule has 0 spiro atoms. The number of ketones is 1. The van der Waals surface area contributed by atoms with Gasteiger partial charge in [0, 0.05) is 17.7 Å². The van der Waals surface area contributed by atoms with E-state index in [4.69, 9.17) is 4.52 Å². The Balaban J connectivity index is 2.18. The highest BCUT2D eigenvalue weighted by Gasteiger charge is 2.34. The maximum Gasteiger partial charge on any atom is 0.199 e. The molecule has 3 rings (SSSR count). The molecule has 0 unspecified atom stereocenters. The van der Waals surface area contributed by atoms with Gasteiger partial charge in [0.2, 0.25) is 0 Å². The van der Waals surface area contributed by atoms with Crippen molar-refractivity contribution < 1.29 is 22.1 Å². The van der Waals surface area contributed by atoms with Crippen molar-refractivity contribution >= 4 is 31.6 Å². The Kier molecular flexibility index (Phi) is 3.68. The van der Waals surface area contributed by atoms with E-state index in [0.29, 0.717) is 5.69 Å². The van der Waals surface area contributed by atoms with Gasteiger partial charge in [-0.15, -0.1) is 0 Å². The number of hydrogen-bond acceptors (Lipinski definition) is 5. The van der Waals surface area contributed by atoms with Gasteiger partial charge in [0.05, 0.1) is 20.6 Å². The first-order chi connectivity index (χ1) is 10.3. The molecule has 116 valence electrons. The van der Waals surface area contributed by atoms with Crippen molar-refractivity contribution in [2.24, 2.45) is 0 Å². The van der Waals surface area contributed by atoms with E-state index in [0.717, 1.165) is 25.2 Å². The first kappa shape index (κ1) is 15.4. The fraction of sp³-hybridized carbons (Fsp3) is 0.286. The van der Waals surface area contributed by atoms with Crippen LogP contribution in [0.2, 0.25) is 0 Å². The van der Waals surface area contributed by atoms with Crippen molar-refractivity contribution in [2.45, 2.75) is 23.7 Å². The Morgan fingerprint density at radius 2 is 2.05 bits per heavy atom. The van der Waals surface area contributed by atoms with E-state index in [1.807, 2.05) is 0 Å². The molecule has 8 heteroatoms. The van der Waals surface area contributed by atoms with Crippen LogP contribution >= 0.6 is 15.9 Å². The Morgan fingerprint density at radius 1 is 1.36 bits per heavy atom. The molecule has 2 aromatic rings. The van der Waals surface area contributed by atoms with Gasteiger partial charge in [-0.25, -0.2) is 12.8 Å². The summed E-state index contributed by atoms with van der Waals surface area (Å²) in [4.78, 5) is 12.3. The summed E-state index contributed by atoms with van der Waals surface area (Å²) in [5.41, 5.74) is 0.664. The summed E-state index contributed by atoms with van der Waals surface area (Å²) in [6, 6.07) is 2.22. The molecule has 1 fully saturated rings. The van der Waals surface area contributed by atoms with Crippen LogP contribution < -0.4 is 0 Å². The van der Waals surface area contributed by atoms with Crippen molar-refractivity contribution in [3.8, 4) is 0 Å². The van der Waals surface area contributed by atoms with E-state index in [9.17, 15) is 17.6 Å². The second-order valence-electron chi connectivity index (χ2n) is 5.23. The quantitative estimate of drug-likeness (QED) is 0.753. The summed E-state index contributed by atoms with van der Waals surface area (Å²) in [6.45, 7) is 0. The Bertz CT molecular complexity index is 871. The van der Waals surface area contributed by atoms with Gasteiger partial charge in [-0.05, 0) is 40.9 Å². The van der Waals surface area contributed by atoms with Crippen molar-refractivity contribution in [1.29, 1.82) is 0 Å². The molecule has 0 N–H and O–H groups in total. The molecule has 0 bridgehead atoms. The third-order valence-corrected chi connectivity index (χ3v) is 5.67. The summed E-state index contributed by atoms with van der Waals surface area (Å²) in [7, 11) is -3.80. The summed E-state index contributed by atoms with van der Waals surface area (Å²) in [5.74, 6) is -1.11. The van der Waals surface area contributed by atoms with E-state index in [1.165, 1.54) is 12.3 Å². The molecule has 5 nitrogen and oxygen atoms in total. The molecule has 1 aromatic carbocycles. The third-order valence-electron chi connectivity index (χ3n) is 3.47. The van der Waals surface area contributed by atoms with Gasteiger partial charge >= 0.3 is 0 Å². The van der Waals surface area contributed by atoms with Gasteiger partial charge in [0.1, 0.15) is 12.1 Å². The topological polar surface area (TPSA) is 77.2 Å². The van der Waals surface area contributed by atoms with Gasteiger partial charge in [0.25, 0.3) is 0 Å². The van der Waals surface area contributed by atoms with E-state index >= 15 is 0 Å². The van der Waals surface area contributed by atoms with Gasteiger partial charge < -0.3 is 4.52 Å². The van der Waals surface area contributed by atoms with Crippen molar-refractivity contribution in [3.05, 3.63) is 45.5 Å². The number of hydrogen-bond donors (Lipinski definition) is 0. The van der Waals surface area contributed by atoms with E-state index < -0.39 is 21.4 Å². The molecule has 22 heavy (non-hydrogen) atoms. The van der Waals surface area contributed by atoms with Crippen LogP contribution in [0.15, 0.2) is 32.3 Å². The van der Waals surface area contributed by atoms with Gasteiger partial charge in [-0.3, -0.25) is 4.79 Å². The number of nitrogens with zero attached hydrogens (tertiary/aromatic N) is 1. The predicted molar refractivity (Wildman–Crippen MR) is 79.1 cm³/mol. The zero-order chi connectivity index (χ0) is 16.1. The Morgan fingerprint density at radius 3 is 2.64 bits per heavy atom. The van der Waals surface area contributed by atoms with E-state index in [1.54, 1.807) is 0 Å². The molecule has 1 aliphatic carbocycles. The molecular weight excluding hydrogens is 377 g/mol. The van der Waals surface area contributed by atoms with Crippen LogP contribution in [-0.2, 0) is 9.84 Å². The van der Waals surface area contributed by atoms with Crippen molar-refractivity contribution in [2.75, 3.05) is 6.26 Å². The largest absolute Gasteiger partial charge is 0.364 e. The van der Waals surface area contributed by atoms with Crippen molar-refractivity contribution in [1.82, 2.24) is 5.16 Å². The monoisotopic (exact) mass is 387 g/mol. The average molecular weight is 388 g/mol. The third kappa shape index (κ3) is 2.61. The van der Waals surface area contributed by atoms with Gasteiger partial charge in [-0.1, -0.05) is 5.16 Å². The maximum absolute atomic E-state index is 13.7. The zero-order valence-corrected chi connectivity index (χ0v) is 13.9. The highest BCUT2D eigenvalue weighted by atomic mass is 79.9. The SMILES string of the molecule is CS(=O)(=O)c1c(C(=O)c2conc2C2CC2)ccc(F)c1Br. The number of benzene rings is 1. The number of rotatable bonds is 4. The fourth-order valence-electron chi connectivity index (χ4n) is 2.28. The predicted octanol–water partition coefficient (Wildman–Crippen LogP) is 3.09. The first-order valence-corrected chi connectivity index (χ1v) is 9.16.